The number of rotatable bonds is 6. The average Bonchev–Trinajstić information content (AvgIpc) is 2.55. The lowest BCUT2D eigenvalue weighted by atomic mass is 10.1. The predicted octanol–water partition coefficient (Wildman–Crippen LogP) is 2.80. The normalized spacial score (nSPS) is 12.1. The number of amides is 3. The van der Waals surface area contributed by atoms with E-state index in [1.54, 1.807) is 24.3 Å². The number of hydrogen-bond donors (Lipinski definition) is 3. The Balaban J connectivity index is 2.05. The van der Waals surface area contributed by atoms with Crippen molar-refractivity contribution in [1.29, 1.82) is 0 Å². The van der Waals surface area contributed by atoms with Crippen LogP contribution in [-0.2, 0) is 11.2 Å². The lowest BCUT2D eigenvalue weighted by Gasteiger charge is -2.17. The van der Waals surface area contributed by atoms with Crippen molar-refractivity contribution in [2.24, 2.45) is 5.73 Å². The Morgan fingerprint density at radius 1 is 1.04 bits per heavy atom. The second-order valence-corrected chi connectivity index (χ2v) is 5.31. The molecule has 1 atom stereocenters. The van der Waals surface area contributed by atoms with Gasteiger partial charge in [0.1, 0.15) is 11.8 Å². The van der Waals surface area contributed by atoms with E-state index >= 15 is 0 Å². The molecule has 0 saturated carbocycles. The molecule has 2 rings (SSSR count). The van der Waals surface area contributed by atoms with Crippen LogP contribution in [0.5, 0.6) is 5.75 Å². The number of carbonyl (C=O) groups is 2. The van der Waals surface area contributed by atoms with E-state index in [0.29, 0.717) is 0 Å². The van der Waals surface area contributed by atoms with Gasteiger partial charge in [0, 0.05) is 12.1 Å². The second kappa shape index (κ2) is 8.24. The third kappa shape index (κ3) is 6.34. The van der Waals surface area contributed by atoms with Gasteiger partial charge in [-0.15, -0.1) is 13.2 Å². The number of nitrogens with one attached hydrogen (secondary N) is 2. The van der Waals surface area contributed by atoms with Crippen LogP contribution in [0.25, 0.3) is 0 Å². The van der Waals surface area contributed by atoms with E-state index in [1.807, 2.05) is 6.07 Å². The molecule has 3 amide bonds. The Kier molecular flexibility index (Phi) is 6.05. The summed E-state index contributed by atoms with van der Waals surface area (Å²) in [5.74, 6) is -0.969. The van der Waals surface area contributed by atoms with Gasteiger partial charge < -0.3 is 21.1 Å². The monoisotopic (exact) mass is 367 g/mol. The summed E-state index contributed by atoms with van der Waals surface area (Å²) >= 11 is 0. The van der Waals surface area contributed by atoms with Gasteiger partial charge in [-0.25, -0.2) is 4.79 Å². The molecule has 0 unspecified atom stereocenters. The molecular weight excluding hydrogens is 351 g/mol. The Hall–Kier alpha value is -3.23. The number of nitrogens with two attached hydrogens (primary N) is 1. The van der Waals surface area contributed by atoms with Gasteiger partial charge in [-0.2, -0.15) is 0 Å². The number of hydrogen-bond acceptors (Lipinski definition) is 3. The largest absolute Gasteiger partial charge is 0.573 e. The molecule has 4 N–H and O–H groups in total. The van der Waals surface area contributed by atoms with E-state index in [2.05, 4.69) is 15.4 Å². The standard InChI is InChI=1S/C17H16F3N3O3/c18-17(19,20)26-13-8-6-12(7-9-13)22-15(24)14(23-16(21)25)10-11-4-2-1-3-5-11/h1-9,14H,10H2,(H,22,24)(H3,21,23,25)/t14-/m1/s1. The summed E-state index contributed by atoms with van der Waals surface area (Å²) in [6.07, 6.45) is -4.60. The minimum atomic E-state index is -4.79. The molecule has 0 saturated heterocycles. The second-order valence-electron chi connectivity index (χ2n) is 5.31. The number of ether oxygens (including phenoxy) is 1. The lowest BCUT2D eigenvalue weighted by Crippen LogP contribution is -2.47. The zero-order valence-electron chi connectivity index (χ0n) is 13.4. The molecule has 0 aliphatic rings. The van der Waals surface area contributed by atoms with Crippen molar-refractivity contribution in [3.05, 3.63) is 60.2 Å². The first kappa shape index (κ1) is 19.1. The quantitative estimate of drug-likeness (QED) is 0.733. The number of primary amides is 1. The van der Waals surface area contributed by atoms with Crippen LogP contribution in [0.3, 0.4) is 0 Å². The number of urea groups is 1. The first-order valence-corrected chi connectivity index (χ1v) is 7.49. The van der Waals surface area contributed by atoms with Crippen molar-refractivity contribution in [2.45, 2.75) is 18.8 Å². The fourth-order valence-corrected chi connectivity index (χ4v) is 2.20. The van der Waals surface area contributed by atoms with E-state index in [4.69, 9.17) is 5.73 Å². The highest BCUT2D eigenvalue weighted by atomic mass is 19.4. The highest BCUT2D eigenvalue weighted by Crippen LogP contribution is 2.24. The lowest BCUT2D eigenvalue weighted by molar-refractivity contribution is -0.274. The van der Waals surface area contributed by atoms with Gasteiger partial charge in [-0.05, 0) is 29.8 Å². The highest BCUT2D eigenvalue weighted by Gasteiger charge is 2.31. The Morgan fingerprint density at radius 2 is 1.65 bits per heavy atom. The van der Waals surface area contributed by atoms with Crippen LogP contribution < -0.4 is 21.1 Å². The number of alkyl halides is 3. The van der Waals surface area contributed by atoms with Gasteiger partial charge in [0.05, 0.1) is 0 Å². The Morgan fingerprint density at radius 3 is 2.19 bits per heavy atom. The summed E-state index contributed by atoms with van der Waals surface area (Å²) in [4.78, 5) is 23.5. The Bertz CT molecular complexity index is 749. The minimum absolute atomic E-state index is 0.199. The van der Waals surface area contributed by atoms with Gasteiger partial charge in [0.15, 0.2) is 0 Å². The molecule has 0 aliphatic heterocycles. The van der Waals surface area contributed by atoms with Crippen LogP contribution in [0, 0.1) is 0 Å². The SMILES string of the molecule is NC(=O)N[C@H](Cc1ccccc1)C(=O)Nc1ccc(OC(F)(F)F)cc1. The summed E-state index contributed by atoms with van der Waals surface area (Å²) < 4.78 is 40.2. The summed E-state index contributed by atoms with van der Waals surface area (Å²) in [5.41, 5.74) is 6.15. The van der Waals surface area contributed by atoms with Crippen LogP contribution in [0.15, 0.2) is 54.6 Å². The summed E-state index contributed by atoms with van der Waals surface area (Å²) in [7, 11) is 0. The molecule has 2 aromatic carbocycles. The molecule has 0 fully saturated rings. The van der Waals surface area contributed by atoms with E-state index in [0.717, 1.165) is 17.7 Å². The topological polar surface area (TPSA) is 93.5 Å². The van der Waals surface area contributed by atoms with Crippen LogP contribution in [0.2, 0.25) is 0 Å². The van der Waals surface area contributed by atoms with Crippen molar-refractivity contribution < 1.29 is 27.5 Å². The highest BCUT2D eigenvalue weighted by molar-refractivity contribution is 5.97. The Labute approximate surface area is 147 Å². The number of benzene rings is 2. The fourth-order valence-electron chi connectivity index (χ4n) is 2.20. The molecule has 0 heterocycles. The zero-order chi connectivity index (χ0) is 19.2. The third-order valence-corrected chi connectivity index (χ3v) is 3.27. The molecule has 0 aromatic heterocycles. The van der Waals surface area contributed by atoms with Gasteiger partial charge >= 0.3 is 12.4 Å². The zero-order valence-corrected chi connectivity index (χ0v) is 13.4. The van der Waals surface area contributed by atoms with Crippen molar-refractivity contribution in [3.63, 3.8) is 0 Å². The molecule has 9 heteroatoms. The van der Waals surface area contributed by atoms with Crippen LogP contribution in [0.1, 0.15) is 5.56 Å². The van der Waals surface area contributed by atoms with Crippen molar-refractivity contribution in [1.82, 2.24) is 5.32 Å². The molecule has 2 aromatic rings. The van der Waals surface area contributed by atoms with Crippen LogP contribution in [0.4, 0.5) is 23.7 Å². The van der Waals surface area contributed by atoms with Crippen molar-refractivity contribution >= 4 is 17.6 Å². The summed E-state index contributed by atoms with van der Waals surface area (Å²) in [5, 5.41) is 4.86. The van der Waals surface area contributed by atoms with Crippen molar-refractivity contribution in [2.75, 3.05) is 5.32 Å². The van der Waals surface area contributed by atoms with Crippen LogP contribution in [-0.4, -0.2) is 24.3 Å². The summed E-state index contributed by atoms with van der Waals surface area (Å²) in [6, 6.07) is 11.8. The average molecular weight is 367 g/mol. The third-order valence-electron chi connectivity index (χ3n) is 3.27. The van der Waals surface area contributed by atoms with Gasteiger partial charge in [-0.1, -0.05) is 30.3 Å². The minimum Gasteiger partial charge on any atom is -0.406 e. The smallest absolute Gasteiger partial charge is 0.406 e. The van der Waals surface area contributed by atoms with Crippen LogP contribution >= 0.6 is 0 Å². The number of anilines is 1. The molecule has 26 heavy (non-hydrogen) atoms. The first-order valence-electron chi connectivity index (χ1n) is 7.49. The molecule has 0 bridgehead atoms. The molecule has 0 radical (unpaired) electrons. The van der Waals surface area contributed by atoms with Gasteiger partial charge in [0.25, 0.3) is 0 Å². The fraction of sp³-hybridized carbons (Fsp3) is 0.176. The molecule has 6 nitrogen and oxygen atoms in total. The molecule has 138 valence electrons. The first-order chi connectivity index (χ1) is 12.2. The molecule has 0 spiro atoms. The maximum atomic E-state index is 12.4. The van der Waals surface area contributed by atoms with E-state index < -0.39 is 30.1 Å². The van der Waals surface area contributed by atoms with Gasteiger partial charge in [0.2, 0.25) is 5.91 Å². The van der Waals surface area contributed by atoms with Gasteiger partial charge in [-0.3, -0.25) is 4.79 Å². The number of halogens is 3. The van der Waals surface area contributed by atoms with E-state index in [-0.39, 0.29) is 12.1 Å². The molecule has 0 aliphatic carbocycles. The van der Waals surface area contributed by atoms with E-state index in [1.165, 1.54) is 12.1 Å². The summed E-state index contributed by atoms with van der Waals surface area (Å²) in [6.45, 7) is 0. The van der Waals surface area contributed by atoms with Crippen molar-refractivity contribution in [3.8, 4) is 5.75 Å². The van der Waals surface area contributed by atoms with E-state index in [9.17, 15) is 22.8 Å². The number of carbonyl (C=O) groups excluding carboxylic acids is 2. The predicted molar refractivity (Wildman–Crippen MR) is 88.4 cm³/mol. The molecular formula is C17H16F3N3O3. The maximum absolute atomic E-state index is 12.4. The maximum Gasteiger partial charge on any atom is 0.573 e.